The van der Waals surface area contributed by atoms with Gasteiger partial charge in [0.1, 0.15) is 5.82 Å². The number of thiophene rings is 1. The second-order valence-electron chi connectivity index (χ2n) is 6.66. The molecule has 0 spiro atoms. The lowest BCUT2D eigenvalue weighted by Crippen LogP contribution is -2.31. The number of halogens is 1. The molecule has 0 fully saturated rings. The number of nitrogens with zero attached hydrogens (tertiary/aromatic N) is 4. The number of hydrogen-bond donors (Lipinski definition) is 1. The van der Waals surface area contributed by atoms with Gasteiger partial charge < -0.3 is 4.98 Å². The van der Waals surface area contributed by atoms with Gasteiger partial charge in [0.15, 0.2) is 11.0 Å². The van der Waals surface area contributed by atoms with Gasteiger partial charge >= 0.3 is 0 Å². The third-order valence-corrected chi connectivity index (χ3v) is 5.86. The zero-order chi connectivity index (χ0) is 17.9. The Bertz CT molecular complexity index is 874. The number of aromatic nitrogens is 4. The van der Waals surface area contributed by atoms with Crippen LogP contribution in [0.3, 0.4) is 0 Å². The Morgan fingerprint density at radius 3 is 3.08 bits per heavy atom. The fourth-order valence-corrected chi connectivity index (χ4v) is 4.14. The Labute approximate surface area is 162 Å². The normalized spacial score (nSPS) is 14.5. The molecular weight excluding hydrogens is 366 g/mol. The van der Waals surface area contributed by atoms with E-state index in [0.717, 1.165) is 67.5 Å². The van der Waals surface area contributed by atoms with Gasteiger partial charge in [-0.25, -0.2) is 15.0 Å². The first-order valence-corrected chi connectivity index (χ1v) is 10.3. The Kier molecular flexibility index (Phi) is 5.33. The molecule has 5 nitrogen and oxygen atoms in total. The summed E-state index contributed by atoms with van der Waals surface area (Å²) in [6.45, 7) is 4.78. The van der Waals surface area contributed by atoms with Crippen molar-refractivity contribution >= 4 is 22.9 Å². The van der Waals surface area contributed by atoms with E-state index < -0.39 is 0 Å². The van der Waals surface area contributed by atoms with E-state index >= 15 is 0 Å². The minimum atomic E-state index is 0.603. The van der Waals surface area contributed by atoms with Crippen LogP contribution in [0.1, 0.15) is 42.5 Å². The first kappa shape index (κ1) is 17.6. The Morgan fingerprint density at radius 2 is 2.27 bits per heavy atom. The third-order valence-electron chi connectivity index (χ3n) is 4.68. The van der Waals surface area contributed by atoms with Crippen LogP contribution in [0.4, 0.5) is 0 Å². The van der Waals surface area contributed by atoms with Crippen molar-refractivity contribution in [1.82, 2.24) is 24.8 Å². The molecular formula is C19H22ClN5S. The summed E-state index contributed by atoms with van der Waals surface area (Å²) in [5.41, 5.74) is 3.38. The number of H-pyrrole nitrogens is 1. The molecule has 136 valence electrons. The number of nitrogens with one attached hydrogen (secondary N) is 1. The van der Waals surface area contributed by atoms with Gasteiger partial charge in [0, 0.05) is 44.2 Å². The molecule has 0 radical (unpaired) electrons. The predicted molar refractivity (Wildman–Crippen MR) is 105 cm³/mol. The van der Waals surface area contributed by atoms with Crippen molar-refractivity contribution in [2.45, 2.75) is 45.7 Å². The molecule has 4 heterocycles. The monoisotopic (exact) mass is 387 g/mol. The molecule has 3 aromatic heterocycles. The van der Waals surface area contributed by atoms with Crippen LogP contribution in [0.5, 0.6) is 0 Å². The van der Waals surface area contributed by atoms with Gasteiger partial charge in [-0.3, -0.25) is 4.90 Å². The zero-order valence-electron chi connectivity index (χ0n) is 14.8. The second kappa shape index (κ2) is 7.86. The summed E-state index contributed by atoms with van der Waals surface area (Å²) < 4.78 is 0. The van der Waals surface area contributed by atoms with Gasteiger partial charge in [-0.15, -0.1) is 11.3 Å². The highest BCUT2D eigenvalue weighted by Crippen LogP contribution is 2.25. The fraction of sp³-hybridized carbons (Fsp3) is 0.421. The van der Waals surface area contributed by atoms with Crippen molar-refractivity contribution in [3.63, 3.8) is 0 Å². The standard InChI is InChI=1S/C19H22ClN5S/c1-2-3-6-17-22-15(18(20)24-17)12-25-8-7-14-13(11-25)10-21-19(23-14)16-5-4-9-26-16/h4-5,9-10H,2-3,6-8,11-12H2,1H3,(H,22,24). The van der Waals surface area contributed by atoms with Gasteiger partial charge in [0.05, 0.1) is 16.3 Å². The van der Waals surface area contributed by atoms with Gasteiger partial charge in [-0.1, -0.05) is 31.0 Å². The summed E-state index contributed by atoms with van der Waals surface area (Å²) in [5.74, 6) is 1.83. The van der Waals surface area contributed by atoms with Gasteiger partial charge in [0.25, 0.3) is 0 Å². The average Bonchev–Trinajstić information content (AvgIpc) is 3.30. The lowest BCUT2D eigenvalue weighted by molar-refractivity contribution is 0.240. The number of fused-ring (bicyclic) bond motifs is 1. The molecule has 0 amide bonds. The Hall–Kier alpha value is -1.76. The lowest BCUT2D eigenvalue weighted by Gasteiger charge is -2.27. The van der Waals surface area contributed by atoms with E-state index in [-0.39, 0.29) is 0 Å². The van der Waals surface area contributed by atoms with E-state index in [1.165, 1.54) is 11.3 Å². The molecule has 0 saturated heterocycles. The molecule has 0 saturated carbocycles. The van der Waals surface area contributed by atoms with Gasteiger partial charge in [-0.05, 0) is 17.9 Å². The van der Waals surface area contributed by atoms with E-state index in [9.17, 15) is 0 Å². The smallest absolute Gasteiger partial charge is 0.169 e. The summed E-state index contributed by atoms with van der Waals surface area (Å²) in [5, 5.41) is 2.66. The second-order valence-corrected chi connectivity index (χ2v) is 7.97. The van der Waals surface area contributed by atoms with Crippen molar-refractivity contribution in [2.75, 3.05) is 6.54 Å². The summed E-state index contributed by atoms with van der Waals surface area (Å²) in [4.78, 5) is 20.7. The van der Waals surface area contributed by atoms with Crippen molar-refractivity contribution < 1.29 is 0 Å². The maximum atomic E-state index is 6.33. The van der Waals surface area contributed by atoms with E-state index in [2.05, 4.69) is 38.2 Å². The summed E-state index contributed by atoms with van der Waals surface area (Å²) in [6, 6.07) is 4.10. The predicted octanol–water partition coefficient (Wildman–Crippen LogP) is 4.48. The van der Waals surface area contributed by atoms with Crippen LogP contribution in [0.25, 0.3) is 10.7 Å². The van der Waals surface area contributed by atoms with Gasteiger partial charge in [0.2, 0.25) is 0 Å². The molecule has 1 aliphatic rings. The number of aromatic amines is 1. The molecule has 0 bridgehead atoms. The molecule has 0 aliphatic carbocycles. The summed E-state index contributed by atoms with van der Waals surface area (Å²) in [6.07, 6.45) is 6.15. The number of hydrogen-bond acceptors (Lipinski definition) is 5. The lowest BCUT2D eigenvalue weighted by atomic mass is 10.1. The SMILES string of the molecule is CCCCc1nc(Cl)c(CN2CCc3nc(-c4cccs4)ncc3C2)[nH]1. The van der Waals surface area contributed by atoms with Crippen LogP contribution in [-0.2, 0) is 25.9 Å². The molecule has 4 rings (SSSR count). The van der Waals surface area contributed by atoms with E-state index in [1.807, 2.05) is 12.3 Å². The van der Waals surface area contributed by atoms with Crippen molar-refractivity contribution in [2.24, 2.45) is 0 Å². The highest BCUT2D eigenvalue weighted by atomic mass is 35.5. The molecule has 0 aromatic carbocycles. The maximum Gasteiger partial charge on any atom is 0.169 e. The average molecular weight is 388 g/mol. The van der Waals surface area contributed by atoms with Crippen LogP contribution >= 0.6 is 22.9 Å². The molecule has 1 aliphatic heterocycles. The van der Waals surface area contributed by atoms with Gasteiger partial charge in [-0.2, -0.15) is 0 Å². The Balaban J connectivity index is 1.45. The van der Waals surface area contributed by atoms with Crippen LogP contribution in [0.15, 0.2) is 23.7 Å². The zero-order valence-corrected chi connectivity index (χ0v) is 16.4. The van der Waals surface area contributed by atoms with Crippen LogP contribution in [0.2, 0.25) is 5.15 Å². The number of rotatable bonds is 6. The number of unbranched alkanes of at least 4 members (excludes halogenated alkanes) is 1. The van der Waals surface area contributed by atoms with Crippen molar-refractivity contribution in [3.8, 4) is 10.7 Å². The molecule has 0 atom stereocenters. The van der Waals surface area contributed by atoms with E-state index in [4.69, 9.17) is 16.6 Å². The number of imidazole rings is 1. The molecule has 26 heavy (non-hydrogen) atoms. The maximum absolute atomic E-state index is 6.33. The minimum Gasteiger partial charge on any atom is -0.344 e. The summed E-state index contributed by atoms with van der Waals surface area (Å²) in [7, 11) is 0. The highest BCUT2D eigenvalue weighted by Gasteiger charge is 2.21. The van der Waals surface area contributed by atoms with Crippen LogP contribution < -0.4 is 0 Å². The Morgan fingerprint density at radius 1 is 1.35 bits per heavy atom. The highest BCUT2D eigenvalue weighted by molar-refractivity contribution is 7.13. The minimum absolute atomic E-state index is 0.603. The quantitative estimate of drug-likeness (QED) is 0.677. The molecule has 7 heteroatoms. The molecule has 0 unspecified atom stereocenters. The number of aryl methyl sites for hydroxylation is 1. The van der Waals surface area contributed by atoms with E-state index in [0.29, 0.717) is 5.15 Å². The van der Waals surface area contributed by atoms with Crippen molar-refractivity contribution in [1.29, 1.82) is 0 Å². The van der Waals surface area contributed by atoms with Crippen molar-refractivity contribution in [3.05, 3.63) is 51.6 Å². The largest absolute Gasteiger partial charge is 0.344 e. The fourth-order valence-electron chi connectivity index (χ4n) is 3.26. The topological polar surface area (TPSA) is 57.7 Å². The molecule has 3 aromatic rings. The first-order valence-electron chi connectivity index (χ1n) is 9.07. The van der Waals surface area contributed by atoms with Crippen LogP contribution in [-0.4, -0.2) is 31.4 Å². The van der Waals surface area contributed by atoms with E-state index in [1.54, 1.807) is 11.3 Å². The summed E-state index contributed by atoms with van der Waals surface area (Å²) >= 11 is 8.01. The first-order chi connectivity index (χ1) is 12.7. The van der Waals surface area contributed by atoms with Crippen LogP contribution in [0, 0.1) is 0 Å². The molecule has 1 N–H and O–H groups in total. The third kappa shape index (κ3) is 3.82.